The van der Waals surface area contributed by atoms with Crippen molar-refractivity contribution in [2.75, 3.05) is 112 Å². The third-order valence-electron chi connectivity index (χ3n) is 26.7. The smallest absolute Gasteiger partial charge is 0.251 e. The molecule has 706 valence electrons. The van der Waals surface area contributed by atoms with Crippen molar-refractivity contribution in [3.63, 3.8) is 0 Å². The largest absolute Gasteiger partial charge is 0.394 e. The minimum absolute atomic E-state index is 0.0367. The average Bonchev–Trinajstić information content (AvgIpc) is 0.773. The Morgan fingerprint density at radius 2 is 0.854 bits per heavy atom. The van der Waals surface area contributed by atoms with E-state index in [0.717, 1.165) is 77.0 Å². The number of ketones is 1. The summed E-state index contributed by atoms with van der Waals surface area (Å²) < 4.78 is 87.0. The first kappa shape index (κ1) is 101. The summed E-state index contributed by atoms with van der Waals surface area (Å²) in [6, 6.07) is -1.25. The molecule has 4 aliphatic carbocycles. The van der Waals surface area contributed by atoms with Gasteiger partial charge in [0.15, 0.2) is 25.2 Å². The van der Waals surface area contributed by atoms with E-state index in [1.165, 1.54) is 13.8 Å². The summed E-state index contributed by atoms with van der Waals surface area (Å²) in [5.41, 5.74) is 0. The van der Waals surface area contributed by atoms with Crippen LogP contribution >= 0.6 is 0 Å². The van der Waals surface area contributed by atoms with Crippen molar-refractivity contribution in [3.8, 4) is 0 Å². The molecule has 10 aliphatic rings. The van der Waals surface area contributed by atoms with Crippen molar-refractivity contribution >= 4 is 41.2 Å². The molecule has 10 fully saturated rings. The Morgan fingerprint density at radius 3 is 1.31 bits per heavy atom. The van der Waals surface area contributed by atoms with Crippen LogP contribution in [-0.2, 0) is 99.9 Å². The second-order valence-electron chi connectivity index (χ2n) is 35.6. The van der Waals surface area contributed by atoms with Gasteiger partial charge < -0.3 is 148 Å². The summed E-state index contributed by atoms with van der Waals surface area (Å²) in [5.74, 6) is -4.22. The van der Waals surface area contributed by atoms with Gasteiger partial charge in [-0.05, 0) is 95.3 Å². The van der Waals surface area contributed by atoms with Crippen molar-refractivity contribution in [1.29, 1.82) is 0 Å². The highest BCUT2D eigenvalue weighted by molar-refractivity contribution is 5.83. The summed E-state index contributed by atoms with van der Waals surface area (Å²) in [6.45, 7) is 13.1. The Hall–Kier alpha value is -4.47. The molecule has 123 heavy (non-hydrogen) atoms. The van der Waals surface area contributed by atoms with E-state index in [9.17, 15) is 84.6 Å². The molecule has 14 N–H and O–H groups in total. The van der Waals surface area contributed by atoms with E-state index in [1.807, 2.05) is 13.8 Å². The molecule has 0 bridgehead atoms. The number of hydrogen-bond acceptors (Lipinski definition) is 31. The van der Waals surface area contributed by atoms with Crippen LogP contribution in [-0.4, -0.2) is 367 Å². The first-order valence-electron chi connectivity index (χ1n) is 45.9. The molecule has 6 amide bonds. The Kier molecular flexibility index (Phi) is 41.4. The molecule has 6 heterocycles. The zero-order chi connectivity index (χ0) is 88.4. The number of likely N-dealkylation sites (tertiary alicyclic amines) is 2. The third-order valence-corrected chi connectivity index (χ3v) is 26.7. The van der Waals surface area contributed by atoms with Gasteiger partial charge in [0.25, 0.3) is 11.8 Å². The molecule has 0 radical (unpaired) electrons. The number of nitrogens with one attached hydrogen (secondary N) is 4. The molecular formula is C86H146N6O31. The van der Waals surface area contributed by atoms with E-state index in [0.29, 0.717) is 71.1 Å². The SMILES string of the molecule is CC[C@H]1CC(C(=O)NCCNC(=O)CCOCCOCCOCCOCCC(=O)NCCCC(=O)[C@@H]2C[C@H](CC)[C@@H](O[C@@H]3O[C@@H](C)[C@@H](O)[C@@H](O)[C@@H]3O)[C@H](O[C@@H]3O[C@H](CO)[C@H](O)[C@H](O[C@@H](CC4CCCCC4)C(=O)N4CCC4)[C@H]3NC(C)=O)C2)C[C@@H](OC2O[C@H](CO)[C@H](O)[C@H](O[C@@H](CC3CCCCC3)C(=O)N3CCC3)[C@H]2C)[C@@H]1O[C@@H]1O[C@@H](C)[C@@H](O)[C@@H](O)[C@@H]1O. The molecule has 2 unspecified atom stereocenters. The van der Waals surface area contributed by atoms with Gasteiger partial charge in [-0.1, -0.05) is 97.8 Å². The highest BCUT2D eigenvalue weighted by Gasteiger charge is 2.56. The average molecular weight is 1760 g/mol. The molecule has 37 heteroatoms. The van der Waals surface area contributed by atoms with Gasteiger partial charge in [-0.15, -0.1) is 0 Å². The summed E-state index contributed by atoms with van der Waals surface area (Å²) in [4.78, 5) is 98.8. The fourth-order valence-electron chi connectivity index (χ4n) is 19.0. The standard InChI is InChI=1S/C86H146N6O31/c1-7-54-42-56(44-59(77(54)122-85-74(105)72(103)68(99)49(4)114-85)119-84-67(90-51(6)95)79(71(102)64(47-94)121-84)117-62(82(109)92-30-17-31-92)41-53-20-13-10-14-21-53)58(96)22-15-25-87-65(97)23-32-110-34-36-112-38-39-113-37-35-111-33-24-66(98)88-26-27-89-80(107)57-43-55(8-2)78(123-86-75(106)73(104)69(100)50(5)115-86)60(45-57)118-83-48(3)76(70(101)63(46-93)120-83)116-61(81(108)91-28-16-29-91)40-52-18-11-9-12-19-52/h48-50,52-57,59-64,67-79,83-86,93-94,99-106H,7-47H2,1-6H3,(H,87,97)(H,88,98)(H,89,107)(H,90,95)/t48-,49+,50+,54+,55+,56-,57?,59-,60-,61+,62+,63-,64-,67-,68-,69-,70+,71+,72-,73-,74+,75+,76-,77-,78-,79-,83?,84-,85+,86+/m1/s1. The van der Waals surface area contributed by atoms with E-state index in [2.05, 4.69) is 21.3 Å². The van der Waals surface area contributed by atoms with Gasteiger partial charge in [0.2, 0.25) is 23.6 Å². The lowest BCUT2D eigenvalue weighted by molar-refractivity contribution is -0.343. The molecule has 4 saturated carbocycles. The lowest BCUT2D eigenvalue weighted by Crippen LogP contribution is -2.67. The van der Waals surface area contributed by atoms with Crippen molar-refractivity contribution in [2.24, 2.45) is 41.4 Å². The van der Waals surface area contributed by atoms with Crippen LogP contribution in [0.15, 0.2) is 0 Å². The second-order valence-corrected chi connectivity index (χ2v) is 35.6. The zero-order valence-corrected chi connectivity index (χ0v) is 72.9. The van der Waals surface area contributed by atoms with Gasteiger partial charge in [0.05, 0.1) is 109 Å². The molecule has 10 rings (SSSR count). The fraction of sp³-hybridized carbons (Fsp3) is 0.919. The van der Waals surface area contributed by atoms with E-state index in [4.69, 9.17) is 66.3 Å². The van der Waals surface area contributed by atoms with Crippen molar-refractivity contribution in [3.05, 3.63) is 0 Å². The van der Waals surface area contributed by atoms with Crippen molar-refractivity contribution in [2.45, 2.75) is 349 Å². The highest BCUT2D eigenvalue weighted by atomic mass is 16.7. The van der Waals surface area contributed by atoms with Crippen LogP contribution in [0.2, 0.25) is 0 Å². The second kappa shape index (κ2) is 50.6. The maximum absolute atomic E-state index is 14.3. The van der Waals surface area contributed by atoms with Crippen LogP contribution in [0.5, 0.6) is 0 Å². The first-order valence-corrected chi connectivity index (χ1v) is 45.9. The van der Waals surface area contributed by atoms with Crippen LogP contribution in [0.4, 0.5) is 0 Å². The van der Waals surface area contributed by atoms with E-state index < -0.39 is 196 Å². The number of aliphatic hydroxyl groups is 10. The summed E-state index contributed by atoms with van der Waals surface area (Å²) in [5, 5.41) is 121. The molecule has 37 nitrogen and oxygen atoms in total. The highest BCUT2D eigenvalue weighted by Crippen LogP contribution is 2.44. The number of nitrogens with zero attached hydrogens (tertiary/aromatic N) is 2. The molecule has 30 atom stereocenters. The van der Waals surface area contributed by atoms with Crippen molar-refractivity contribution in [1.82, 2.24) is 31.1 Å². The number of rotatable bonds is 47. The van der Waals surface area contributed by atoms with Crippen LogP contribution in [0.25, 0.3) is 0 Å². The topological polar surface area (TPSA) is 506 Å². The Labute approximate surface area is 722 Å². The van der Waals surface area contributed by atoms with E-state index in [1.54, 1.807) is 23.6 Å². The predicted molar refractivity (Wildman–Crippen MR) is 435 cm³/mol. The number of carbonyl (C=O) groups is 7. The number of hydrogen-bond donors (Lipinski definition) is 14. The minimum Gasteiger partial charge on any atom is -0.394 e. The van der Waals surface area contributed by atoms with E-state index >= 15 is 0 Å². The lowest BCUT2D eigenvalue weighted by Gasteiger charge is -2.49. The summed E-state index contributed by atoms with van der Waals surface area (Å²) in [7, 11) is 0. The first-order chi connectivity index (χ1) is 59.2. The van der Waals surface area contributed by atoms with Gasteiger partial charge in [0.1, 0.15) is 91.2 Å². The van der Waals surface area contributed by atoms with Crippen molar-refractivity contribution < 1.29 is 151 Å². The summed E-state index contributed by atoms with van der Waals surface area (Å²) in [6.07, 6.45) is -14.9. The number of amides is 6. The summed E-state index contributed by atoms with van der Waals surface area (Å²) >= 11 is 0. The number of ether oxygens (including phenoxy) is 14. The fourth-order valence-corrected chi connectivity index (χ4v) is 19.0. The van der Waals surface area contributed by atoms with Crippen LogP contribution < -0.4 is 21.3 Å². The van der Waals surface area contributed by atoms with Gasteiger partial charge in [-0.3, -0.25) is 33.6 Å². The predicted octanol–water partition coefficient (Wildman–Crippen LogP) is -0.191. The molecule has 0 aromatic rings. The maximum Gasteiger partial charge on any atom is 0.251 e. The van der Waals surface area contributed by atoms with E-state index in [-0.39, 0.29) is 158 Å². The molecule has 0 spiro atoms. The third kappa shape index (κ3) is 28.5. The van der Waals surface area contributed by atoms with Gasteiger partial charge in [-0.25, -0.2) is 0 Å². The Morgan fingerprint density at radius 1 is 0.431 bits per heavy atom. The Bertz CT molecular complexity index is 3200. The maximum atomic E-state index is 14.3. The monoisotopic (exact) mass is 1760 g/mol. The van der Waals surface area contributed by atoms with Gasteiger partial charge in [-0.2, -0.15) is 0 Å². The quantitative estimate of drug-likeness (QED) is 0.0351. The number of aliphatic hydroxyl groups excluding tert-OH is 10. The molecule has 0 aromatic heterocycles. The lowest BCUT2D eigenvalue weighted by atomic mass is 9.74. The molecule has 0 aromatic carbocycles. The number of Topliss-reactive ketones (excluding diaryl/α,β-unsaturated/α-hetero) is 1. The van der Waals surface area contributed by atoms with Crippen LogP contribution in [0.3, 0.4) is 0 Å². The van der Waals surface area contributed by atoms with Gasteiger partial charge >= 0.3 is 0 Å². The molecule has 6 aliphatic heterocycles. The molecular weight excluding hydrogens is 1610 g/mol. The Balaban J connectivity index is 0.604. The minimum atomic E-state index is -1.68. The zero-order valence-electron chi connectivity index (χ0n) is 72.9. The van der Waals surface area contributed by atoms with Crippen LogP contribution in [0.1, 0.15) is 196 Å². The van der Waals surface area contributed by atoms with Gasteiger partial charge in [0, 0.05) is 89.8 Å². The normalized spacial score (nSPS) is 36.4. The number of carbonyl (C=O) groups excluding carboxylic acids is 7. The molecule has 6 saturated heterocycles. The van der Waals surface area contributed by atoms with Crippen LogP contribution in [0, 0.1) is 41.4 Å².